The largest absolute Gasteiger partial charge is 0.426 e. The van der Waals surface area contributed by atoms with Crippen LogP contribution in [0.25, 0.3) is 16.9 Å². The highest BCUT2D eigenvalue weighted by Gasteiger charge is 2.58. The van der Waals surface area contributed by atoms with Gasteiger partial charge in [-0.25, -0.2) is 13.9 Å². The second kappa shape index (κ2) is 8.11. The van der Waals surface area contributed by atoms with Crippen molar-refractivity contribution in [1.82, 2.24) is 29.4 Å². The zero-order valence-corrected chi connectivity index (χ0v) is 18.9. The zero-order valence-electron chi connectivity index (χ0n) is 18.9. The Morgan fingerprint density at radius 3 is 2.67 bits per heavy atom. The number of alkyl halides is 4. The number of aliphatic hydroxyl groups is 1. The molecule has 3 aromatic rings. The lowest BCUT2D eigenvalue weighted by Gasteiger charge is -2.34. The maximum absolute atomic E-state index is 14.9. The molecule has 2 aliphatic rings. The number of fused-ring (bicyclic) bond motifs is 2. The lowest BCUT2D eigenvalue weighted by atomic mass is 10.0. The summed E-state index contributed by atoms with van der Waals surface area (Å²) in [5.74, 6) is -1.90. The Labute approximate surface area is 201 Å². The van der Waals surface area contributed by atoms with Crippen LogP contribution in [0, 0.1) is 0 Å². The molecule has 5 rings (SSSR count). The Bertz CT molecular complexity index is 1370. The van der Waals surface area contributed by atoms with Gasteiger partial charge in [-0.15, -0.1) is 0 Å². The van der Waals surface area contributed by atoms with Gasteiger partial charge in [-0.1, -0.05) is 0 Å². The number of carbonyl (C=O) groups is 2. The van der Waals surface area contributed by atoms with Gasteiger partial charge < -0.3 is 20.6 Å². The molecule has 0 spiro atoms. The van der Waals surface area contributed by atoms with Gasteiger partial charge in [0.05, 0.1) is 35.2 Å². The summed E-state index contributed by atoms with van der Waals surface area (Å²) < 4.78 is 55.7. The van der Waals surface area contributed by atoms with Crippen molar-refractivity contribution >= 4 is 23.1 Å². The molecular weight excluding hydrogens is 486 g/mol. The van der Waals surface area contributed by atoms with E-state index in [2.05, 4.69) is 15.1 Å². The van der Waals surface area contributed by atoms with Gasteiger partial charge in [-0.05, 0) is 31.2 Å². The topological polar surface area (TPSA) is 130 Å². The number of rotatable bonds is 3. The van der Waals surface area contributed by atoms with Gasteiger partial charge in [-0.2, -0.15) is 18.3 Å². The van der Waals surface area contributed by atoms with E-state index in [1.165, 1.54) is 11.2 Å². The van der Waals surface area contributed by atoms with Gasteiger partial charge in [-0.3, -0.25) is 14.6 Å². The van der Waals surface area contributed by atoms with Crippen molar-refractivity contribution in [3.8, 4) is 11.4 Å². The molecule has 10 nitrogen and oxygen atoms in total. The Kier molecular flexibility index (Phi) is 5.39. The number of nitrogen functional groups attached to an aromatic ring is 1. The number of amides is 2. The van der Waals surface area contributed by atoms with Crippen LogP contribution in [0.1, 0.15) is 23.0 Å². The highest BCUT2D eigenvalue weighted by Crippen LogP contribution is 2.34. The average molecular weight is 507 g/mol. The smallest absolute Gasteiger partial charge is 0.382 e. The monoisotopic (exact) mass is 507 g/mol. The van der Waals surface area contributed by atoms with Crippen LogP contribution in [0.15, 0.2) is 30.6 Å². The Hall–Kier alpha value is -3.81. The van der Waals surface area contributed by atoms with Crippen molar-refractivity contribution in [3.63, 3.8) is 0 Å². The number of likely N-dealkylation sites (tertiary alicyclic amines) is 1. The molecule has 0 bridgehead atoms. The minimum atomic E-state index is -5.22. The number of hydrogen-bond acceptors (Lipinski definition) is 7. The zero-order chi connectivity index (χ0) is 26.0. The molecule has 0 radical (unpaired) electrons. The molecule has 0 saturated carbocycles. The predicted molar refractivity (Wildman–Crippen MR) is 117 cm³/mol. The third-order valence-corrected chi connectivity index (χ3v) is 6.67. The van der Waals surface area contributed by atoms with Crippen LogP contribution < -0.4 is 5.73 Å². The van der Waals surface area contributed by atoms with Crippen molar-refractivity contribution in [2.24, 2.45) is 0 Å². The summed E-state index contributed by atoms with van der Waals surface area (Å²) in [5.41, 5.74) is 4.68. The first kappa shape index (κ1) is 23.9. The van der Waals surface area contributed by atoms with Gasteiger partial charge in [0, 0.05) is 19.5 Å². The molecular formula is C22H21F4N7O3. The van der Waals surface area contributed by atoms with E-state index in [0.717, 1.165) is 0 Å². The minimum absolute atomic E-state index is 0.0646. The highest BCUT2D eigenvalue weighted by atomic mass is 19.4. The van der Waals surface area contributed by atoms with Crippen molar-refractivity contribution in [1.29, 1.82) is 0 Å². The molecule has 2 aliphatic heterocycles. The lowest BCUT2D eigenvalue weighted by molar-refractivity contribution is -0.249. The first-order valence-electron chi connectivity index (χ1n) is 11.0. The number of nitrogens with two attached hydrogens (primary N) is 1. The molecule has 2 amide bonds. The van der Waals surface area contributed by atoms with E-state index >= 15 is 0 Å². The molecule has 0 aromatic carbocycles. The van der Waals surface area contributed by atoms with Crippen LogP contribution in [0.3, 0.4) is 0 Å². The number of pyridine rings is 1. The molecule has 0 aliphatic carbocycles. The van der Waals surface area contributed by atoms with Crippen molar-refractivity contribution in [2.75, 3.05) is 25.4 Å². The summed E-state index contributed by atoms with van der Waals surface area (Å²) in [5, 5.41) is 13.9. The van der Waals surface area contributed by atoms with Gasteiger partial charge in [0.2, 0.25) is 5.60 Å². The molecule has 3 N–H and O–H groups in total. The predicted octanol–water partition coefficient (Wildman–Crippen LogP) is 1.23. The Balaban J connectivity index is 1.37. The SMILES string of the molecule is C[C@@](O)(C(=O)N1CC(F)C(N2CCc3nc(-c4ccc5c(N)ncnn45)ccc3C2=O)C1)C(F)(F)F. The average Bonchev–Trinajstić information content (AvgIpc) is 3.42. The van der Waals surface area contributed by atoms with Crippen molar-refractivity contribution in [2.45, 2.75) is 37.3 Å². The molecule has 36 heavy (non-hydrogen) atoms. The van der Waals surface area contributed by atoms with E-state index in [4.69, 9.17) is 5.73 Å². The van der Waals surface area contributed by atoms with Gasteiger partial charge in [0.25, 0.3) is 11.8 Å². The fraction of sp³-hybridized carbons (Fsp3) is 0.409. The van der Waals surface area contributed by atoms with E-state index in [1.54, 1.807) is 28.8 Å². The highest BCUT2D eigenvalue weighted by molar-refractivity contribution is 5.97. The third-order valence-electron chi connectivity index (χ3n) is 6.67. The van der Waals surface area contributed by atoms with Gasteiger partial charge in [0.15, 0.2) is 5.82 Å². The number of hydrogen-bond donors (Lipinski definition) is 2. The van der Waals surface area contributed by atoms with Gasteiger partial charge in [0.1, 0.15) is 18.0 Å². The molecule has 1 saturated heterocycles. The standard InChI is InChI=1S/C22H21F4N7O3/c1-21(36,22(24,25)26)20(35)31-8-12(23)17(9-31)32-7-6-13-11(19(32)34)2-3-14(30-13)15-4-5-16-18(27)28-10-29-33(15)16/h2-5,10,12,17,36H,6-9H2,1H3,(H2,27,28,29)/t12?,17?,21-/m1/s1. The molecule has 14 heteroatoms. The second-order valence-electron chi connectivity index (χ2n) is 8.96. The van der Waals surface area contributed by atoms with Crippen LogP contribution in [0.5, 0.6) is 0 Å². The van der Waals surface area contributed by atoms with Crippen LogP contribution in [0.4, 0.5) is 23.4 Å². The first-order valence-corrected chi connectivity index (χ1v) is 11.0. The summed E-state index contributed by atoms with van der Waals surface area (Å²) in [6.45, 7) is -0.725. The van der Waals surface area contributed by atoms with Crippen LogP contribution >= 0.6 is 0 Å². The quantitative estimate of drug-likeness (QED) is 0.510. The maximum Gasteiger partial charge on any atom is 0.426 e. The normalized spacial score (nSPS) is 22.1. The maximum atomic E-state index is 14.9. The molecule has 190 valence electrons. The van der Waals surface area contributed by atoms with Crippen molar-refractivity contribution in [3.05, 3.63) is 41.9 Å². The summed E-state index contributed by atoms with van der Waals surface area (Å²) in [6.07, 6.45) is -5.41. The Morgan fingerprint density at radius 1 is 1.19 bits per heavy atom. The number of anilines is 1. The summed E-state index contributed by atoms with van der Waals surface area (Å²) >= 11 is 0. The third kappa shape index (κ3) is 3.63. The minimum Gasteiger partial charge on any atom is -0.382 e. The van der Waals surface area contributed by atoms with E-state index in [0.29, 0.717) is 40.2 Å². The fourth-order valence-corrected chi connectivity index (χ4v) is 4.61. The lowest BCUT2D eigenvalue weighted by Crippen LogP contribution is -2.56. The Morgan fingerprint density at radius 2 is 1.94 bits per heavy atom. The fourth-order valence-electron chi connectivity index (χ4n) is 4.61. The first-order chi connectivity index (χ1) is 16.9. The van der Waals surface area contributed by atoms with Crippen molar-refractivity contribution < 1.29 is 32.3 Å². The van der Waals surface area contributed by atoms with E-state index in [9.17, 15) is 32.3 Å². The van der Waals surface area contributed by atoms with Crippen LogP contribution in [-0.2, 0) is 11.2 Å². The summed E-state index contributed by atoms with van der Waals surface area (Å²) in [7, 11) is 0. The number of nitrogens with zero attached hydrogens (tertiary/aromatic N) is 6. The second-order valence-corrected chi connectivity index (χ2v) is 8.96. The van der Waals surface area contributed by atoms with Gasteiger partial charge >= 0.3 is 6.18 Å². The molecule has 1 fully saturated rings. The van der Waals surface area contributed by atoms with Crippen LogP contribution in [-0.4, -0.2) is 89.9 Å². The molecule has 2 unspecified atom stereocenters. The molecule has 3 atom stereocenters. The number of halogens is 4. The van der Waals surface area contributed by atoms with E-state index in [1.807, 2.05) is 0 Å². The molecule has 3 aromatic heterocycles. The number of aromatic nitrogens is 4. The number of carbonyl (C=O) groups excluding carboxylic acids is 2. The van der Waals surface area contributed by atoms with E-state index in [-0.39, 0.29) is 18.5 Å². The summed E-state index contributed by atoms with van der Waals surface area (Å²) in [4.78, 5) is 35.8. The van der Waals surface area contributed by atoms with Crippen LogP contribution in [0.2, 0.25) is 0 Å². The van der Waals surface area contributed by atoms with E-state index < -0.39 is 48.9 Å². The summed E-state index contributed by atoms with van der Waals surface area (Å²) in [6, 6.07) is 5.52. The molecule has 5 heterocycles.